The smallest absolute Gasteiger partial charge is 0.229 e. The first-order valence-corrected chi connectivity index (χ1v) is 9.07. The van der Waals surface area contributed by atoms with Crippen LogP contribution in [-0.4, -0.2) is 0 Å². The molecule has 140 valence electrons. The van der Waals surface area contributed by atoms with E-state index >= 15 is 0 Å². The molecule has 3 heteroatoms. The van der Waals surface area contributed by atoms with Crippen LogP contribution in [0.25, 0.3) is 38.0 Å². The number of hydrogen-bond donors (Lipinski definition) is 0. The lowest BCUT2D eigenvalue weighted by molar-refractivity contribution is -0.666. The lowest BCUT2D eigenvalue weighted by Gasteiger charge is -2.12. The maximum atomic E-state index is 9.02. The van der Waals surface area contributed by atoms with E-state index in [1.807, 2.05) is 0 Å². The molecular formula is C25H25N2O+. The third-order valence-corrected chi connectivity index (χ3v) is 5.19. The fourth-order valence-corrected chi connectivity index (χ4v) is 3.62. The van der Waals surface area contributed by atoms with Gasteiger partial charge >= 0.3 is 0 Å². The minimum Gasteiger partial charge on any atom is -0.466 e. The summed E-state index contributed by atoms with van der Waals surface area (Å²) in [6, 6.07) is 6.80. The summed E-state index contributed by atoms with van der Waals surface area (Å²) in [5.41, 5.74) is 3.39. The predicted octanol–water partition coefficient (Wildman–Crippen LogP) is 6.68. The van der Waals surface area contributed by atoms with E-state index in [4.69, 9.17) is 19.2 Å². The lowest BCUT2D eigenvalue weighted by atomic mass is 9.94. The fraction of sp³-hybridized carbons (Fsp3) is 0.280. The normalized spacial score (nSPS) is 15.4. The molecule has 0 N–H and O–H groups in total. The van der Waals surface area contributed by atoms with Gasteiger partial charge in [-0.3, -0.25) is 0 Å². The Morgan fingerprint density at radius 2 is 2.00 bits per heavy atom. The summed E-state index contributed by atoms with van der Waals surface area (Å²) in [6.07, 6.45) is 0. The van der Waals surface area contributed by atoms with E-state index in [0.29, 0.717) is 38.9 Å². The Morgan fingerprint density at radius 3 is 2.68 bits per heavy atom. The molecule has 2 aromatic carbocycles. The van der Waals surface area contributed by atoms with Gasteiger partial charge in [0, 0.05) is 35.3 Å². The Kier molecular flexibility index (Phi) is 2.87. The largest absolute Gasteiger partial charge is 0.466 e. The van der Waals surface area contributed by atoms with E-state index < -0.39 is 12.7 Å². The summed E-state index contributed by atoms with van der Waals surface area (Å²) in [5, 5.41) is 0.916. The standard InChI is InChI=1S/C25H25N2O/c1-14(2)18-12-17(5)27(7)21(13-18)23-16(4)11-15(3)22-19-9-8-10-20(26-6)24(19)28-25(22)23/h8-14H,1-5,7H3/q+1/i3D3,12D,13D,14D. The number of aryl methyl sites for hydroxylation is 2. The number of fused-ring (bicyclic) bond motifs is 3. The average molecular weight is 376 g/mol. The zero-order valence-electron chi connectivity index (χ0n) is 22.6. The summed E-state index contributed by atoms with van der Waals surface area (Å²) in [4.78, 5) is 3.54. The van der Waals surface area contributed by atoms with E-state index in [1.165, 1.54) is 0 Å². The molecule has 0 atom stereocenters. The number of para-hydroxylation sites is 1. The first-order valence-electron chi connectivity index (χ1n) is 12.1. The molecule has 0 unspecified atom stereocenters. The molecule has 3 nitrogen and oxygen atoms in total. The number of pyridine rings is 1. The SMILES string of the molecule is [2H]c1c(C([2H])(C)C)c([2H])c(-c2c(C)cc(C([2H])([2H])[2H])c3c2oc2c([N+]#[C-])cccc23)[n+](C)c1C. The molecule has 4 aromatic rings. The average Bonchev–Trinajstić information content (AvgIpc) is 3.11. The predicted molar refractivity (Wildman–Crippen MR) is 115 cm³/mol. The van der Waals surface area contributed by atoms with Crippen molar-refractivity contribution in [1.82, 2.24) is 0 Å². The van der Waals surface area contributed by atoms with Crippen molar-refractivity contribution in [3.63, 3.8) is 0 Å². The van der Waals surface area contributed by atoms with E-state index in [-0.39, 0.29) is 34.5 Å². The van der Waals surface area contributed by atoms with Gasteiger partial charge in [-0.15, -0.1) is 0 Å². The van der Waals surface area contributed by atoms with Gasteiger partial charge in [0.2, 0.25) is 11.4 Å². The summed E-state index contributed by atoms with van der Waals surface area (Å²) >= 11 is 0. The molecule has 0 saturated carbocycles. The number of nitrogens with zero attached hydrogens (tertiary/aromatic N) is 2. The van der Waals surface area contributed by atoms with Gasteiger partial charge in [-0.1, -0.05) is 38.1 Å². The number of rotatable bonds is 2. The summed E-state index contributed by atoms with van der Waals surface area (Å²) < 4.78 is 58.5. The van der Waals surface area contributed by atoms with Gasteiger partial charge in [0.15, 0.2) is 5.69 Å². The Labute approximate surface area is 174 Å². The van der Waals surface area contributed by atoms with Crippen molar-refractivity contribution in [1.29, 1.82) is 0 Å². The van der Waals surface area contributed by atoms with Crippen LogP contribution in [0.3, 0.4) is 0 Å². The van der Waals surface area contributed by atoms with Crippen molar-refractivity contribution in [2.75, 3.05) is 0 Å². The number of hydrogen-bond acceptors (Lipinski definition) is 1. The third-order valence-electron chi connectivity index (χ3n) is 5.19. The van der Waals surface area contributed by atoms with Crippen LogP contribution in [0.4, 0.5) is 5.69 Å². The second kappa shape index (κ2) is 6.49. The zero-order chi connectivity index (χ0) is 25.3. The quantitative estimate of drug-likeness (QED) is 0.283. The second-order valence-electron chi connectivity index (χ2n) is 7.31. The Hall–Kier alpha value is -3.12. The minimum absolute atomic E-state index is 0.0231. The Bertz CT molecular complexity index is 1530. The molecule has 0 radical (unpaired) electrons. The van der Waals surface area contributed by atoms with Gasteiger partial charge < -0.3 is 4.42 Å². The molecule has 0 bridgehead atoms. The van der Waals surface area contributed by atoms with Crippen LogP contribution in [0.5, 0.6) is 0 Å². The van der Waals surface area contributed by atoms with Crippen LogP contribution in [-0.2, 0) is 7.05 Å². The molecule has 28 heavy (non-hydrogen) atoms. The van der Waals surface area contributed by atoms with Gasteiger partial charge in [-0.25, -0.2) is 4.85 Å². The molecule has 0 fully saturated rings. The van der Waals surface area contributed by atoms with Crippen molar-refractivity contribution in [3.05, 3.63) is 70.2 Å². The van der Waals surface area contributed by atoms with Crippen LogP contribution in [0, 0.1) is 27.3 Å². The topological polar surface area (TPSA) is 21.4 Å². The molecule has 4 rings (SSSR count). The van der Waals surface area contributed by atoms with Crippen molar-refractivity contribution >= 4 is 27.6 Å². The van der Waals surface area contributed by atoms with Crippen molar-refractivity contribution in [3.8, 4) is 11.3 Å². The highest BCUT2D eigenvalue weighted by Crippen LogP contribution is 2.42. The molecule has 0 aliphatic carbocycles. The van der Waals surface area contributed by atoms with Gasteiger partial charge in [-0.05, 0) is 36.4 Å². The fourth-order valence-electron chi connectivity index (χ4n) is 3.62. The lowest BCUT2D eigenvalue weighted by Crippen LogP contribution is -2.35. The minimum atomic E-state index is -2.42. The van der Waals surface area contributed by atoms with Gasteiger partial charge in [0.05, 0.1) is 14.9 Å². The molecule has 0 amide bonds. The van der Waals surface area contributed by atoms with Crippen molar-refractivity contribution in [2.24, 2.45) is 7.05 Å². The summed E-state index contributed by atoms with van der Waals surface area (Å²) in [6.45, 7) is 11.9. The molecule has 0 saturated heterocycles. The molecular weight excluding hydrogens is 344 g/mol. The first kappa shape index (κ1) is 12.4. The van der Waals surface area contributed by atoms with E-state index in [2.05, 4.69) is 4.85 Å². The third kappa shape index (κ3) is 2.60. The van der Waals surface area contributed by atoms with E-state index in [9.17, 15) is 0 Å². The number of furan rings is 1. The maximum absolute atomic E-state index is 9.02. The van der Waals surface area contributed by atoms with Crippen molar-refractivity contribution < 1.29 is 17.2 Å². The van der Waals surface area contributed by atoms with Crippen LogP contribution in [0.1, 0.15) is 50.4 Å². The maximum Gasteiger partial charge on any atom is 0.229 e. The number of benzene rings is 2. The van der Waals surface area contributed by atoms with Crippen molar-refractivity contribution in [2.45, 2.75) is 40.4 Å². The van der Waals surface area contributed by atoms with Crippen LogP contribution in [0.15, 0.2) is 40.8 Å². The molecule has 2 heterocycles. The van der Waals surface area contributed by atoms with E-state index in [1.54, 1.807) is 63.6 Å². The number of aromatic nitrogens is 1. The van der Waals surface area contributed by atoms with Gasteiger partial charge in [-0.2, -0.15) is 4.57 Å². The summed E-state index contributed by atoms with van der Waals surface area (Å²) in [5.74, 6) is -1.20. The Morgan fingerprint density at radius 1 is 1.21 bits per heavy atom. The summed E-state index contributed by atoms with van der Waals surface area (Å²) in [7, 11) is 1.75. The highest BCUT2D eigenvalue weighted by Gasteiger charge is 2.24. The molecule has 0 spiro atoms. The highest BCUT2D eigenvalue weighted by atomic mass is 16.3. The van der Waals surface area contributed by atoms with Gasteiger partial charge in [0.25, 0.3) is 0 Å². The molecule has 0 aliphatic heterocycles. The molecule has 2 aromatic heterocycles. The first-order chi connectivity index (χ1) is 15.7. The van der Waals surface area contributed by atoms with Crippen LogP contribution < -0.4 is 4.57 Å². The van der Waals surface area contributed by atoms with Crippen LogP contribution in [0.2, 0.25) is 0 Å². The second-order valence-corrected chi connectivity index (χ2v) is 7.31. The zero-order valence-corrected chi connectivity index (χ0v) is 16.6. The monoisotopic (exact) mass is 375 g/mol. The van der Waals surface area contributed by atoms with Crippen LogP contribution >= 0.6 is 0 Å². The van der Waals surface area contributed by atoms with Gasteiger partial charge in [0.1, 0.15) is 18.2 Å². The Balaban J connectivity index is 2.31. The van der Waals surface area contributed by atoms with E-state index in [0.717, 1.165) is 0 Å². The highest BCUT2D eigenvalue weighted by molar-refractivity contribution is 6.14. The molecule has 0 aliphatic rings.